The first-order valence-electron chi connectivity index (χ1n) is 5.59. The van der Waals surface area contributed by atoms with Gasteiger partial charge in [-0.15, -0.1) is 0 Å². The van der Waals surface area contributed by atoms with Crippen LogP contribution >= 0.6 is 0 Å². The lowest BCUT2D eigenvalue weighted by Gasteiger charge is -2.14. The van der Waals surface area contributed by atoms with Gasteiger partial charge in [0.25, 0.3) is 5.91 Å². The Labute approximate surface area is 103 Å². The SMILES string of the molecule is Cc1ccc2c(c1)C(C1NC(=O)NC1=O)C(=O)N2. The normalized spacial score (nSPS) is 25.5. The first-order chi connectivity index (χ1) is 8.56. The smallest absolute Gasteiger partial charge is 0.322 e. The van der Waals surface area contributed by atoms with Crippen molar-refractivity contribution in [1.29, 1.82) is 0 Å². The number of imide groups is 1. The van der Waals surface area contributed by atoms with E-state index in [1.807, 2.05) is 19.1 Å². The summed E-state index contributed by atoms with van der Waals surface area (Å²) < 4.78 is 0. The third-order valence-electron chi connectivity index (χ3n) is 3.22. The predicted molar refractivity (Wildman–Crippen MR) is 63.0 cm³/mol. The Hall–Kier alpha value is -2.37. The molecule has 6 nitrogen and oxygen atoms in total. The fourth-order valence-electron chi connectivity index (χ4n) is 2.40. The Morgan fingerprint density at radius 2 is 1.83 bits per heavy atom. The quantitative estimate of drug-likeness (QED) is 0.619. The highest BCUT2D eigenvalue weighted by molar-refractivity contribution is 6.12. The lowest BCUT2D eigenvalue weighted by Crippen LogP contribution is -2.38. The lowest BCUT2D eigenvalue weighted by atomic mass is 9.92. The molecule has 2 unspecified atom stereocenters. The van der Waals surface area contributed by atoms with Gasteiger partial charge in [0.1, 0.15) is 6.04 Å². The van der Waals surface area contributed by atoms with Crippen LogP contribution in [0.15, 0.2) is 18.2 Å². The van der Waals surface area contributed by atoms with Crippen molar-refractivity contribution in [3.63, 3.8) is 0 Å². The summed E-state index contributed by atoms with van der Waals surface area (Å²) in [5, 5.41) is 7.33. The van der Waals surface area contributed by atoms with Gasteiger partial charge in [0.2, 0.25) is 5.91 Å². The van der Waals surface area contributed by atoms with Crippen molar-refractivity contribution < 1.29 is 14.4 Å². The maximum absolute atomic E-state index is 11.9. The summed E-state index contributed by atoms with van der Waals surface area (Å²) in [4.78, 5) is 34.7. The molecule has 4 amide bonds. The summed E-state index contributed by atoms with van der Waals surface area (Å²) >= 11 is 0. The lowest BCUT2D eigenvalue weighted by molar-refractivity contribution is -0.125. The summed E-state index contributed by atoms with van der Waals surface area (Å²) in [6.45, 7) is 1.91. The van der Waals surface area contributed by atoms with E-state index in [9.17, 15) is 14.4 Å². The molecule has 0 spiro atoms. The van der Waals surface area contributed by atoms with E-state index in [0.717, 1.165) is 11.1 Å². The van der Waals surface area contributed by atoms with Crippen molar-refractivity contribution >= 4 is 23.5 Å². The molecule has 3 rings (SSSR count). The van der Waals surface area contributed by atoms with Gasteiger partial charge in [-0.2, -0.15) is 0 Å². The van der Waals surface area contributed by atoms with Gasteiger partial charge in [0, 0.05) is 5.69 Å². The second-order valence-electron chi connectivity index (χ2n) is 4.50. The van der Waals surface area contributed by atoms with Crippen molar-refractivity contribution in [3.8, 4) is 0 Å². The average molecular weight is 245 g/mol. The molecule has 18 heavy (non-hydrogen) atoms. The summed E-state index contributed by atoms with van der Waals surface area (Å²) in [5.41, 5.74) is 2.45. The summed E-state index contributed by atoms with van der Waals surface area (Å²) in [7, 11) is 0. The molecule has 0 bridgehead atoms. The number of rotatable bonds is 1. The Morgan fingerprint density at radius 3 is 2.50 bits per heavy atom. The van der Waals surface area contributed by atoms with Crippen LogP contribution in [-0.2, 0) is 9.59 Å². The number of amides is 4. The van der Waals surface area contributed by atoms with Crippen LogP contribution in [0.2, 0.25) is 0 Å². The van der Waals surface area contributed by atoms with Crippen molar-refractivity contribution in [1.82, 2.24) is 10.6 Å². The molecule has 1 saturated heterocycles. The van der Waals surface area contributed by atoms with E-state index in [1.54, 1.807) is 6.07 Å². The van der Waals surface area contributed by atoms with Crippen molar-refractivity contribution in [3.05, 3.63) is 29.3 Å². The highest BCUT2D eigenvalue weighted by atomic mass is 16.2. The number of hydrogen-bond acceptors (Lipinski definition) is 3. The Kier molecular flexibility index (Phi) is 2.13. The third kappa shape index (κ3) is 1.46. The first-order valence-corrected chi connectivity index (χ1v) is 5.59. The highest BCUT2D eigenvalue weighted by Crippen LogP contribution is 2.35. The summed E-state index contributed by atoms with van der Waals surface area (Å²) in [5.74, 6) is -1.39. The number of carbonyl (C=O) groups is 3. The van der Waals surface area contributed by atoms with Gasteiger partial charge in [0.15, 0.2) is 0 Å². The van der Waals surface area contributed by atoms with Gasteiger partial charge in [-0.1, -0.05) is 17.7 Å². The van der Waals surface area contributed by atoms with Crippen LogP contribution in [0.5, 0.6) is 0 Å². The van der Waals surface area contributed by atoms with Crippen LogP contribution in [0.1, 0.15) is 17.0 Å². The molecule has 0 radical (unpaired) electrons. The standard InChI is InChI=1S/C12H11N3O3/c1-5-2-3-7-6(4-5)8(10(16)13-7)9-11(17)15-12(18)14-9/h2-4,8-9H,1H3,(H,13,16)(H2,14,15,17,18). The van der Waals surface area contributed by atoms with Gasteiger partial charge >= 0.3 is 6.03 Å². The van der Waals surface area contributed by atoms with E-state index in [-0.39, 0.29) is 5.91 Å². The van der Waals surface area contributed by atoms with E-state index >= 15 is 0 Å². The molecule has 92 valence electrons. The fourth-order valence-corrected chi connectivity index (χ4v) is 2.40. The van der Waals surface area contributed by atoms with Crippen LogP contribution in [0, 0.1) is 6.92 Å². The van der Waals surface area contributed by atoms with Crippen molar-refractivity contribution in [2.24, 2.45) is 0 Å². The van der Waals surface area contributed by atoms with E-state index in [4.69, 9.17) is 0 Å². The molecule has 0 saturated carbocycles. The number of nitrogens with one attached hydrogen (secondary N) is 3. The molecule has 1 fully saturated rings. The Balaban J connectivity index is 2.03. The van der Waals surface area contributed by atoms with Gasteiger partial charge in [-0.25, -0.2) is 4.79 Å². The van der Waals surface area contributed by atoms with E-state index in [1.165, 1.54) is 0 Å². The van der Waals surface area contributed by atoms with E-state index in [2.05, 4.69) is 16.0 Å². The number of fused-ring (bicyclic) bond motifs is 1. The zero-order chi connectivity index (χ0) is 12.9. The van der Waals surface area contributed by atoms with Crippen LogP contribution < -0.4 is 16.0 Å². The molecule has 1 aromatic carbocycles. The van der Waals surface area contributed by atoms with Gasteiger partial charge in [-0.3, -0.25) is 14.9 Å². The zero-order valence-corrected chi connectivity index (χ0v) is 9.61. The van der Waals surface area contributed by atoms with Gasteiger partial charge in [-0.05, 0) is 18.6 Å². The molecule has 2 aliphatic heterocycles. The molecule has 1 aromatic rings. The molecular weight excluding hydrogens is 234 g/mol. The van der Waals surface area contributed by atoms with E-state index in [0.29, 0.717) is 5.69 Å². The highest BCUT2D eigenvalue weighted by Gasteiger charge is 2.44. The number of carbonyl (C=O) groups excluding carboxylic acids is 3. The van der Waals surface area contributed by atoms with Gasteiger partial charge < -0.3 is 10.6 Å². The number of benzene rings is 1. The largest absolute Gasteiger partial charge is 0.325 e. The maximum Gasteiger partial charge on any atom is 0.322 e. The van der Waals surface area contributed by atoms with Gasteiger partial charge in [0.05, 0.1) is 5.92 Å². The van der Waals surface area contributed by atoms with Crippen molar-refractivity contribution in [2.75, 3.05) is 5.32 Å². The summed E-state index contributed by atoms with van der Waals surface area (Å²) in [6, 6.07) is 4.15. The monoisotopic (exact) mass is 245 g/mol. The maximum atomic E-state index is 11.9. The number of aryl methyl sites for hydroxylation is 1. The average Bonchev–Trinajstić information content (AvgIpc) is 2.77. The van der Waals surface area contributed by atoms with Crippen LogP contribution in [0.25, 0.3) is 0 Å². The van der Waals surface area contributed by atoms with Crippen LogP contribution in [-0.4, -0.2) is 23.9 Å². The first kappa shape index (κ1) is 10.8. The zero-order valence-electron chi connectivity index (χ0n) is 9.61. The second kappa shape index (κ2) is 3.56. The topological polar surface area (TPSA) is 87.3 Å². The second-order valence-corrected chi connectivity index (χ2v) is 4.50. The molecular formula is C12H11N3O3. The Morgan fingerprint density at radius 1 is 1.06 bits per heavy atom. The molecule has 2 aliphatic rings. The molecule has 2 atom stereocenters. The summed E-state index contributed by atoms with van der Waals surface area (Å²) in [6.07, 6.45) is 0. The predicted octanol–water partition coefficient (Wildman–Crippen LogP) is 0.239. The van der Waals surface area contributed by atoms with Crippen LogP contribution in [0.3, 0.4) is 0 Å². The molecule has 6 heteroatoms. The Bertz CT molecular complexity index is 582. The minimum absolute atomic E-state index is 0.266. The molecule has 2 heterocycles. The number of urea groups is 1. The number of anilines is 1. The minimum atomic E-state index is -0.833. The third-order valence-corrected chi connectivity index (χ3v) is 3.22. The minimum Gasteiger partial charge on any atom is -0.325 e. The number of hydrogen-bond donors (Lipinski definition) is 3. The molecule has 0 aliphatic carbocycles. The van der Waals surface area contributed by atoms with E-state index < -0.39 is 23.9 Å². The molecule has 3 N–H and O–H groups in total. The van der Waals surface area contributed by atoms with Crippen LogP contribution in [0.4, 0.5) is 10.5 Å². The molecule has 0 aromatic heterocycles. The van der Waals surface area contributed by atoms with Crippen molar-refractivity contribution in [2.45, 2.75) is 18.9 Å². The fraction of sp³-hybridized carbons (Fsp3) is 0.250.